The van der Waals surface area contributed by atoms with Crippen LogP contribution in [0.5, 0.6) is 0 Å². The second-order valence-electron chi connectivity index (χ2n) is 8.64. The van der Waals surface area contributed by atoms with Crippen LogP contribution in [0.3, 0.4) is 0 Å². The van der Waals surface area contributed by atoms with E-state index in [1.54, 1.807) is 19.2 Å². The molecule has 0 radical (unpaired) electrons. The summed E-state index contributed by atoms with van der Waals surface area (Å²) in [7, 11) is 0. The molecule has 0 unspecified atom stereocenters. The highest BCUT2D eigenvalue weighted by molar-refractivity contribution is 6.01. The van der Waals surface area contributed by atoms with E-state index in [9.17, 15) is 9.59 Å². The van der Waals surface area contributed by atoms with Crippen LogP contribution in [0.1, 0.15) is 66.0 Å². The summed E-state index contributed by atoms with van der Waals surface area (Å²) in [6.07, 6.45) is 9.15. The molecule has 1 aliphatic carbocycles. The quantitative estimate of drug-likeness (QED) is 0.534. The van der Waals surface area contributed by atoms with Gasteiger partial charge in [-0.25, -0.2) is 4.98 Å². The van der Waals surface area contributed by atoms with Crippen molar-refractivity contribution >= 4 is 17.6 Å². The third kappa shape index (κ3) is 5.13. The van der Waals surface area contributed by atoms with E-state index < -0.39 is 6.04 Å². The van der Waals surface area contributed by atoms with Crippen LogP contribution in [0.2, 0.25) is 0 Å². The topological polar surface area (TPSA) is 123 Å². The zero-order chi connectivity index (χ0) is 23.4. The summed E-state index contributed by atoms with van der Waals surface area (Å²) in [4.78, 5) is 30.6. The van der Waals surface area contributed by atoms with Gasteiger partial charge in [0.1, 0.15) is 29.4 Å². The normalized spacial score (nSPS) is 15.6. The van der Waals surface area contributed by atoms with Gasteiger partial charge in [-0.3, -0.25) is 9.59 Å². The summed E-state index contributed by atoms with van der Waals surface area (Å²) in [5, 5.41) is 13.6. The second-order valence-corrected chi connectivity index (χ2v) is 8.64. The molecule has 1 atom stereocenters. The molecule has 174 valence electrons. The third-order valence-corrected chi connectivity index (χ3v) is 6.27. The molecule has 33 heavy (non-hydrogen) atoms. The first kappa shape index (κ1) is 22.7. The molecule has 4 rings (SSSR count). The van der Waals surface area contributed by atoms with Crippen LogP contribution in [0.4, 0.5) is 5.82 Å². The van der Waals surface area contributed by atoms with Gasteiger partial charge in [-0.1, -0.05) is 36.0 Å². The second kappa shape index (κ2) is 9.97. The van der Waals surface area contributed by atoms with Crippen molar-refractivity contribution < 1.29 is 18.6 Å². The Morgan fingerprint density at radius 3 is 2.36 bits per heavy atom. The van der Waals surface area contributed by atoms with Gasteiger partial charge < -0.3 is 19.7 Å². The van der Waals surface area contributed by atoms with Gasteiger partial charge in [-0.05, 0) is 51.7 Å². The van der Waals surface area contributed by atoms with E-state index in [1.807, 2.05) is 19.9 Å². The van der Waals surface area contributed by atoms with Gasteiger partial charge in [0, 0.05) is 17.3 Å². The predicted octanol–water partition coefficient (Wildman–Crippen LogP) is 4.36. The molecule has 3 heterocycles. The summed E-state index contributed by atoms with van der Waals surface area (Å²) < 4.78 is 10.1. The van der Waals surface area contributed by atoms with E-state index in [0.717, 1.165) is 55.3 Å². The molecule has 0 aromatic carbocycles. The fraction of sp³-hybridized carbons (Fsp3) is 0.458. The van der Waals surface area contributed by atoms with Gasteiger partial charge in [0.15, 0.2) is 0 Å². The molecular formula is C24H29N5O4. The maximum atomic E-state index is 13.3. The van der Waals surface area contributed by atoms with Crippen molar-refractivity contribution in [2.45, 2.75) is 65.3 Å². The van der Waals surface area contributed by atoms with Crippen LogP contribution in [-0.4, -0.2) is 33.2 Å². The molecule has 9 nitrogen and oxygen atoms in total. The summed E-state index contributed by atoms with van der Waals surface area (Å²) in [6, 6.07) is 2.94. The Labute approximate surface area is 192 Å². The van der Waals surface area contributed by atoms with Gasteiger partial charge in [-0.15, -0.1) is 0 Å². The smallest absolute Gasteiger partial charge is 0.257 e. The maximum Gasteiger partial charge on any atom is 0.257 e. The Bertz CT molecular complexity index is 1090. The fourth-order valence-corrected chi connectivity index (χ4v) is 4.49. The Hall–Kier alpha value is -3.49. The van der Waals surface area contributed by atoms with Gasteiger partial charge in [0.2, 0.25) is 5.91 Å². The number of anilines is 1. The molecule has 1 saturated carbocycles. The number of carbonyl (C=O) groups is 2. The molecule has 3 aromatic heterocycles. The van der Waals surface area contributed by atoms with Gasteiger partial charge in [-0.2, -0.15) is 0 Å². The van der Waals surface area contributed by atoms with Crippen molar-refractivity contribution in [1.82, 2.24) is 20.6 Å². The summed E-state index contributed by atoms with van der Waals surface area (Å²) in [5.74, 6) is 0.552. The lowest BCUT2D eigenvalue weighted by Crippen LogP contribution is -2.48. The number of carbonyl (C=O) groups excluding carboxylic acids is 2. The van der Waals surface area contributed by atoms with E-state index in [-0.39, 0.29) is 17.7 Å². The number of amides is 2. The molecular weight excluding hydrogens is 422 g/mol. The molecule has 0 spiro atoms. The monoisotopic (exact) mass is 451 g/mol. The summed E-state index contributed by atoms with van der Waals surface area (Å²) in [5.41, 5.74) is 3.37. The highest BCUT2D eigenvalue weighted by Crippen LogP contribution is 2.28. The molecule has 1 aliphatic rings. The number of pyridine rings is 1. The molecule has 0 saturated heterocycles. The van der Waals surface area contributed by atoms with Crippen molar-refractivity contribution in [3.8, 4) is 11.1 Å². The number of rotatable bonds is 6. The molecule has 2 N–H and O–H groups in total. The zero-order valence-corrected chi connectivity index (χ0v) is 19.2. The van der Waals surface area contributed by atoms with E-state index in [0.29, 0.717) is 22.8 Å². The van der Waals surface area contributed by atoms with Gasteiger partial charge >= 0.3 is 0 Å². The number of hydrogen-bond acceptors (Lipinski definition) is 7. The highest BCUT2D eigenvalue weighted by Gasteiger charge is 2.31. The molecule has 9 heteroatoms. The minimum absolute atomic E-state index is 0.0539. The summed E-state index contributed by atoms with van der Waals surface area (Å²) >= 11 is 0. The number of aromatic nitrogens is 3. The van der Waals surface area contributed by atoms with Gasteiger partial charge in [0.25, 0.3) is 5.91 Å². The van der Waals surface area contributed by atoms with Crippen molar-refractivity contribution in [3.05, 3.63) is 47.3 Å². The Morgan fingerprint density at radius 1 is 1.03 bits per heavy atom. The van der Waals surface area contributed by atoms with E-state index >= 15 is 0 Å². The van der Waals surface area contributed by atoms with Crippen LogP contribution in [0.25, 0.3) is 11.1 Å². The minimum Gasteiger partial charge on any atom is -0.364 e. The maximum absolute atomic E-state index is 13.3. The first-order valence-corrected chi connectivity index (χ1v) is 11.4. The van der Waals surface area contributed by atoms with Crippen LogP contribution < -0.4 is 10.6 Å². The third-order valence-electron chi connectivity index (χ3n) is 6.27. The van der Waals surface area contributed by atoms with Crippen molar-refractivity contribution in [2.75, 3.05) is 5.32 Å². The summed E-state index contributed by atoms with van der Waals surface area (Å²) in [6.45, 7) is 5.42. The molecule has 1 fully saturated rings. The molecule has 0 bridgehead atoms. The standard InChI is InChI=1S/C24H29N5O4/c1-14-19(13-32-28-14)23(30)27-22(17-8-6-4-5-7-9-17)24(31)26-20-11-10-18(12-25-20)21-15(2)29-33-16(21)3/h10-13,17,22H,4-9H2,1-3H3,(H,27,30)(H,25,26,31)/t22-/m0/s1. The number of hydrogen-bond donors (Lipinski definition) is 2. The van der Waals surface area contributed by atoms with Crippen LogP contribution in [-0.2, 0) is 4.79 Å². The first-order chi connectivity index (χ1) is 15.9. The molecule has 2 amide bonds. The lowest BCUT2D eigenvalue weighted by molar-refractivity contribution is -0.119. The van der Waals surface area contributed by atoms with Crippen LogP contribution >= 0.6 is 0 Å². The highest BCUT2D eigenvalue weighted by atomic mass is 16.5. The number of aryl methyl sites for hydroxylation is 3. The lowest BCUT2D eigenvalue weighted by atomic mass is 9.91. The SMILES string of the molecule is Cc1nocc1C(=O)N[C@H](C(=O)Nc1ccc(-c2c(C)noc2C)cn1)C1CCCCCC1. The lowest BCUT2D eigenvalue weighted by Gasteiger charge is -2.26. The van der Waals surface area contributed by atoms with Crippen LogP contribution in [0, 0.1) is 26.7 Å². The Balaban J connectivity index is 1.52. The van der Waals surface area contributed by atoms with Crippen molar-refractivity contribution in [1.29, 1.82) is 0 Å². The van der Waals surface area contributed by atoms with Crippen molar-refractivity contribution in [2.24, 2.45) is 5.92 Å². The van der Waals surface area contributed by atoms with E-state index in [1.165, 1.54) is 6.26 Å². The minimum atomic E-state index is -0.672. The molecule has 3 aromatic rings. The fourth-order valence-electron chi connectivity index (χ4n) is 4.49. The molecule has 0 aliphatic heterocycles. The number of nitrogens with zero attached hydrogens (tertiary/aromatic N) is 3. The Kier molecular flexibility index (Phi) is 6.86. The average Bonchev–Trinajstić information content (AvgIpc) is 3.26. The number of nitrogens with one attached hydrogen (secondary N) is 2. The Morgan fingerprint density at radius 2 is 1.79 bits per heavy atom. The first-order valence-electron chi connectivity index (χ1n) is 11.4. The average molecular weight is 452 g/mol. The van der Waals surface area contributed by atoms with Gasteiger partial charge in [0.05, 0.1) is 11.4 Å². The van der Waals surface area contributed by atoms with E-state index in [2.05, 4.69) is 25.9 Å². The largest absolute Gasteiger partial charge is 0.364 e. The zero-order valence-electron chi connectivity index (χ0n) is 19.2. The van der Waals surface area contributed by atoms with E-state index in [4.69, 9.17) is 9.05 Å². The predicted molar refractivity (Wildman–Crippen MR) is 122 cm³/mol. The van der Waals surface area contributed by atoms with Crippen molar-refractivity contribution in [3.63, 3.8) is 0 Å². The van der Waals surface area contributed by atoms with Crippen LogP contribution in [0.15, 0.2) is 33.6 Å².